The minimum absolute atomic E-state index is 0.689. The van der Waals surface area contributed by atoms with Crippen LogP contribution in [-0.4, -0.2) is 19.1 Å². The van der Waals surface area contributed by atoms with Crippen LogP contribution in [0.1, 0.15) is 0 Å². The molecule has 0 aliphatic rings. The first-order valence-electron chi connectivity index (χ1n) is 23.1. The summed E-state index contributed by atoms with van der Waals surface area (Å²) in [6.45, 7) is 0. The van der Waals surface area contributed by atoms with Gasteiger partial charge in [-0.05, 0) is 88.0 Å². The van der Waals surface area contributed by atoms with E-state index >= 15 is 0 Å². The maximum atomic E-state index is 5.16. The zero-order chi connectivity index (χ0) is 45.0. The van der Waals surface area contributed by atoms with Gasteiger partial charge in [0.05, 0.1) is 33.5 Å². The van der Waals surface area contributed by atoms with E-state index in [1.165, 1.54) is 54.8 Å². The van der Waals surface area contributed by atoms with Gasteiger partial charge in [0.25, 0.3) is 0 Å². The molecule has 0 spiro atoms. The fraction of sp³-hybridized carbons (Fsp3) is 0. The van der Waals surface area contributed by atoms with Gasteiger partial charge >= 0.3 is 0 Å². The summed E-state index contributed by atoms with van der Waals surface area (Å²) < 4.78 is 4.85. The molecule has 0 unspecified atom stereocenters. The van der Waals surface area contributed by atoms with Crippen LogP contribution in [0.4, 0.5) is 0 Å². The number of hydrogen-bond donors (Lipinski definition) is 0. The summed E-state index contributed by atoms with van der Waals surface area (Å²) in [7, 11) is 0. The van der Waals surface area contributed by atoms with Crippen LogP contribution in [0.3, 0.4) is 0 Å². The second kappa shape index (κ2) is 16.4. The molecule has 13 rings (SSSR count). The highest BCUT2D eigenvalue weighted by atomic mass is 15.0. The van der Waals surface area contributed by atoms with Crippen LogP contribution in [-0.2, 0) is 0 Å². The van der Waals surface area contributed by atoms with Gasteiger partial charge in [0.2, 0.25) is 0 Å². The summed E-state index contributed by atoms with van der Waals surface area (Å²) in [4.78, 5) is 10.3. The summed E-state index contributed by atoms with van der Waals surface area (Å²) in [6, 6.07) is 91.2. The minimum atomic E-state index is 0.689. The molecule has 3 aromatic heterocycles. The maximum Gasteiger partial charge on any atom is 0.160 e. The van der Waals surface area contributed by atoms with Gasteiger partial charge in [0.1, 0.15) is 0 Å². The number of rotatable bonds is 8. The summed E-state index contributed by atoms with van der Waals surface area (Å²) in [5.74, 6) is 0.689. The monoisotopic (exact) mass is 866 g/mol. The topological polar surface area (TPSA) is 35.6 Å². The second-order valence-electron chi connectivity index (χ2n) is 17.4. The normalized spacial score (nSPS) is 11.5. The van der Waals surface area contributed by atoms with Gasteiger partial charge in [-0.25, -0.2) is 9.97 Å². The number of nitrogens with zero attached hydrogens (tertiary/aromatic N) is 4. The quantitative estimate of drug-likeness (QED) is 0.153. The molecule has 4 heteroatoms. The summed E-state index contributed by atoms with van der Waals surface area (Å²) in [6.07, 6.45) is 0. The Balaban J connectivity index is 0.961. The third-order valence-electron chi connectivity index (χ3n) is 13.4. The molecule has 0 amide bonds. The van der Waals surface area contributed by atoms with Crippen molar-refractivity contribution in [2.45, 2.75) is 0 Å². The largest absolute Gasteiger partial charge is 0.309 e. The molecule has 0 aliphatic heterocycles. The Kier molecular flexibility index (Phi) is 9.47. The third kappa shape index (κ3) is 6.86. The Morgan fingerprint density at radius 1 is 0.221 bits per heavy atom. The average Bonchev–Trinajstić information content (AvgIpc) is 3.94. The number of fused-ring (bicyclic) bond motifs is 6. The number of hydrogen-bond acceptors (Lipinski definition) is 2. The van der Waals surface area contributed by atoms with E-state index in [9.17, 15) is 0 Å². The van der Waals surface area contributed by atoms with Crippen molar-refractivity contribution in [2.24, 2.45) is 0 Å². The molecule has 13 aromatic rings. The summed E-state index contributed by atoms with van der Waals surface area (Å²) in [5.41, 5.74) is 18.7. The summed E-state index contributed by atoms with van der Waals surface area (Å²) in [5, 5.41) is 4.89. The number of benzene rings is 10. The van der Waals surface area contributed by atoms with Gasteiger partial charge in [0.15, 0.2) is 5.82 Å². The highest BCUT2D eigenvalue weighted by Gasteiger charge is 2.18. The van der Waals surface area contributed by atoms with E-state index in [4.69, 9.17) is 9.97 Å². The molecule has 0 atom stereocenters. The minimum Gasteiger partial charge on any atom is -0.309 e. The van der Waals surface area contributed by atoms with Crippen molar-refractivity contribution in [3.05, 3.63) is 255 Å². The highest BCUT2D eigenvalue weighted by Crippen LogP contribution is 2.39. The SMILES string of the molecule is c1ccc(-c2ccc(-c3ccc(-n4c5cc(-c6cccc(-c7nc(-c8ccccc8)cc(-c8ccccc8)n7)c6)ccc5c5ccc(-n6c7ccccc7c7ccccc76)cc54)cc3)cc2)cc1. The van der Waals surface area contributed by atoms with Crippen LogP contribution in [0.5, 0.6) is 0 Å². The molecule has 0 bridgehead atoms. The predicted octanol–water partition coefficient (Wildman–Crippen LogP) is 16.7. The maximum absolute atomic E-state index is 5.16. The predicted molar refractivity (Wildman–Crippen MR) is 283 cm³/mol. The van der Waals surface area contributed by atoms with Gasteiger partial charge < -0.3 is 9.13 Å². The van der Waals surface area contributed by atoms with Crippen LogP contribution >= 0.6 is 0 Å². The van der Waals surface area contributed by atoms with Crippen molar-refractivity contribution >= 4 is 43.6 Å². The van der Waals surface area contributed by atoms with Gasteiger partial charge in [0, 0.05) is 49.6 Å². The van der Waals surface area contributed by atoms with Crippen LogP contribution in [0.2, 0.25) is 0 Å². The van der Waals surface area contributed by atoms with Crippen molar-refractivity contribution in [3.63, 3.8) is 0 Å². The average molecular weight is 867 g/mol. The van der Waals surface area contributed by atoms with Crippen molar-refractivity contribution in [2.75, 3.05) is 0 Å². The van der Waals surface area contributed by atoms with E-state index in [1.54, 1.807) is 0 Å². The zero-order valence-electron chi connectivity index (χ0n) is 37.0. The summed E-state index contributed by atoms with van der Waals surface area (Å²) >= 11 is 0. The molecule has 4 nitrogen and oxygen atoms in total. The lowest BCUT2D eigenvalue weighted by Gasteiger charge is -2.13. The fourth-order valence-electron chi connectivity index (χ4n) is 10.0. The lowest BCUT2D eigenvalue weighted by atomic mass is 10.00. The highest BCUT2D eigenvalue weighted by molar-refractivity contribution is 6.12. The number of para-hydroxylation sites is 2. The molecule has 68 heavy (non-hydrogen) atoms. The molecule has 0 saturated carbocycles. The zero-order valence-corrected chi connectivity index (χ0v) is 37.0. The Labute approximate surface area is 394 Å². The fourth-order valence-corrected chi connectivity index (χ4v) is 10.0. The van der Waals surface area contributed by atoms with Crippen molar-refractivity contribution < 1.29 is 0 Å². The standard InChI is InChI=1S/C64H42N4/c1-4-15-43(16-5-1)44-27-29-45(30-28-44)46-31-34-52(35-32-46)67-62-40-50(33-37-56(62)57-38-36-53(41-63(57)67)68-60-25-12-10-23-54(60)55-24-11-13-26-61(55)68)49-21-14-22-51(39-49)64-65-58(47-17-6-2-7-18-47)42-59(66-64)48-19-8-3-9-20-48/h1-42H. The van der Waals surface area contributed by atoms with Crippen LogP contribution < -0.4 is 0 Å². The third-order valence-corrected chi connectivity index (χ3v) is 13.4. The smallest absolute Gasteiger partial charge is 0.160 e. The van der Waals surface area contributed by atoms with E-state index in [2.05, 4.69) is 252 Å². The number of aromatic nitrogens is 4. The van der Waals surface area contributed by atoms with Crippen LogP contribution in [0.15, 0.2) is 255 Å². The van der Waals surface area contributed by atoms with E-state index in [-0.39, 0.29) is 0 Å². The van der Waals surface area contributed by atoms with Gasteiger partial charge in [-0.2, -0.15) is 0 Å². The van der Waals surface area contributed by atoms with Gasteiger partial charge in [-0.15, -0.1) is 0 Å². The first kappa shape index (κ1) is 39.3. The van der Waals surface area contributed by atoms with Crippen LogP contribution in [0, 0.1) is 0 Å². The first-order valence-corrected chi connectivity index (χ1v) is 23.1. The Morgan fingerprint density at radius 2 is 0.603 bits per heavy atom. The Morgan fingerprint density at radius 3 is 1.19 bits per heavy atom. The van der Waals surface area contributed by atoms with E-state index < -0.39 is 0 Å². The van der Waals surface area contributed by atoms with Crippen molar-refractivity contribution in [1.82, 2.24) is 19.1 Å². The van der Waals surface area contributed by atoms with Crippen LogP contribution in [0.25, 0.3) is 122 Å². The molecular weight excluding hydrogens is 825 g/mol. The molecule has 318 valence electrons. The molecule has 0 N–H and O–H groups in total. The van der Waals surface area contributed by atoms with Crippen molar-refractivity contribution in [3.8, 4) is 78.7 Å². The molecule has 10 aromatic carbocycles. The van der Waals surface area contributed by atoms with Crippen molar-refractivity contribution in [1.29, 1.82) is 0 Å². The molecule has 0 radical (unpaired) electrons. The lowest BCUT2D eigenvalue weighted by molar-refractivity contribution is 1.15. The first-order chi connectivity index (χ1) is 33.7. The Bertz CT molecular complexity index is 3870. The molecular formula is C64H42N4. The van der Waals surface area contributed by atoms with Gasteiger partial charge in [-0.1, -0.05) is 200 Å². The second-order valence-corrected chi connectivity index (χ2v) is 17.4. The van der Waals surface area contributed by atoms with Gasteiger partial charge in [-0.3, -0.25) is 0 Å². The molecule has 0 fully saturated rings. The van der Waals surface area contributed by atoms with E-state index in [1.807, 2.05) is 12.1 Å². The molecule has 0 aliphatic carbocycles. The van der Waals surface area contributed by atoms with E-state index in [0.717, 1.165) is 61.6 Å². The Hall–Kier alpha value is -9.12. The van der Waals surface area contributed by atoms with E-state index in [0.29, 0.717) is 5.82 Å². The molecule has 3 heterocycles. The molecule has 0 saturated heterocycles. The lowest BCUT2D eigenvalue weighted by Crippen LogP contribution is -1.97.